The molecule has 0 fully saturated rings. The molecule has 0 bridgehead atoms. The van der Waals surface area contributed by atoms with E-state index in [2.05, 4.69) is 0 Å². The molecule has 0 spiro atoms. The lowest BCUT2D eigenvalue weighted by atomic mass is 9.91. The van der Waals surface area contributed by atoms with Crippen molar-refractivity contribution in [3.8, 4) is 5.75 Å². The van der Waals surface area contributed by atoms with Gasteiger partial charge in [-0.15, -0.1) is 0 Å². The summed E-state index contributed by atoms with van der Waals surface area (Å²) in [5.41, 5.74) is 13.7. The van der Waals surface area contributed by atoms with Crippen LogP contribution in [-0.4, -0.2) is 12.6 Å². The molecule has 0 aliphatic carbocycles. The molecule has 4 N–H and O–H groups in total. The van der Waals surface area contributed by atoms with E-state index in [4.69, 9.17) is 27.8 Å². The molecule has 0 radical (unpaired) electrons. The van der Waals surface area contributed by atoms with Crippen molar-refractivity contribution in [2.45, 2.75) is 38.8 Å². The van der Waals surface area contributed by atoms with Crippen molar-refractivity contribution in [1.29, 1.82) is 0 Å². The number of benzene rings is 1. The van der Waals surface area contributed by atoms with Crippen LogP contribution >= 0.6 is 11.6 Å². The highest BCUT2D eigenvalue weighted by Crippen LogP contribution is 2.33. The SMILES string of the molecule is COc1c(C)cc(Cl)cc1C(N)CC(C)(C)N. The van der Waals surface area contributed by atoms with E-state index in [1.807, 2.05) is 32.9 Å². The van der Waals surface area contributed by atoms with Crippen LogP contribution in [0.15, 0.2) is 12.1 Å². The quantitative estimate of drug-likeness (QED) is 0.871. The lowest BCUT2D eigenvalue weighted by Crippen LogP contribution is -2.36. The third-order valence-corrected chi connectivity index (χ3v) is 2.84. The maximum atomic E-state index is 6.18. The Hall–Kier alpha value is -0.770. The molecule has 0 heterocycles. The molecule has 1 unspecified atom stereocenters. The average molecular weight is 257 g/mol. The minimum Gasteiger partial charge on any atom is -0.496 e. The second-order valence-electron chi connectivity index (χ2n) is 5.14. The van der Waals surface area contributed by atoms with Gasteiger partial charge in [0.15, 0.2) is 0 Å². The molecule has 0 aliphatic rings. The van der Waals surface area contributed by atoms with Crippen LogP contribution < -0.4 is 16.2 Å². The van der Waals surface area contributed by atoms with E-state index in [0.717, 1.165) is 16.9 Å². The van der Waals surface area contributed by atoms with E-state index in [-0.39, 0.29) is 11.6 Å². The molecule has 0 saturated heterocycles. The Morgan fingerprint density at radius 2 is 2.00 bits per heavy atom. The molecule has 1 atom stereocenters. The topological polar surface area (TPSA) is 61.3 Å². The minimum absolute atomic E-state index is 0.178. The van der Waals surface area contributed by atoms with E-state index >= 15 is 0 Å². The molecule has 0 aromatic heterocycles. The first kappa shape index (κ1) is 14.3. The highest BCUT2D eigenvalue weighted by atomic mass is 35.5. The summed E-state index contributed by atoms with van der Waals surface area (Å²) >= 11 is 6.05. The van der Waals surface area contributed by atoms with E-state index in [1.54, 1.807) is 7.11 Å². The Kier molecular flexibility index (Phi) is 4.42. The van der Waals surface area contributed by atoms with Gasteiger partial charge < -0.3 is 16.2 Å². The Balaban J connectivity index is 3.11. The van der Waals surface area contributed by atoms with Gasteiger partial charge in [0, 0.05) is 22.2 Å². The van der Waals surface area contributed by atoms with Gasteiger partial charge >= 0.3 is 0 Å². The molecule has 0 saturated carbocycles. The predicted octanol–water partition coefficient (Wildman–Crippen LogP) is 2.78. The number of halogens is 1. The summed E-state index contributed by atoms with van der Waals surface area (Å²) in [6.07, 6.45) is 0.670. The summed E-state index contributed by atoms with van der Waals surface area (Å²) in [6, 6.07) is 3.54. The standard InChI is InChI=1S/C13H21ClN2O/c1-8-5-9(14)6-10(12(8)17-4)11(15)7-13(2,3)16/h5-6,11H,7,15-16H2,1-4H3. The summed E-state index contributed by atoms with van der Waals surface area (Å²) in [5, 5.41) is 0.670. The maximum absolute atomic E-state index is 6.18. The summed E-state index contributed by atoms with van der Waals surface area (Å²) in [7, 11) is 1.64. The number of hydrogen-bond donors (Lipinski definition) is 2. The molecule has 0 aliphatic heterocycles. The van der Waals surface area contributed by atoms with Crippen molar-refractivity contribution in [3.63, 3.8) is 0 Å². The molecule has 1 aromatic rings. The van der Waals surface area contributed by atoms with Gasteiger partial charge in [-0.3, -0.25) is 0 Å². The van der Waals surface area contributed by atoms with Crippen LogP contribution in [0.2, 0.25) is 5.02 Å². The van der Waals surface area contributed by atoms with Crippen LogP contribution in [0.25, 0.3) is 0 Å². The zero-order valence-electron chi connectivity index (χ0n) is 10.9. The predicted molar refractivity (Wildman–Crippen MR) is 72.6 cm³/mol. The van der Waals surface area contributed by atoms with E-state index in [0.29, 0.717) is 11.4 Å². The third-order valence-electron chi connectivity index (χ3n) is 2.62. The smallest absolute Gasteiger partial charge is 0.126 e. The molecular formula is C13H21ClN2O. The molecule has 1 aromatic carbocycles. The van der Waals surface area contributed by atoms with Gasteiger partial charge in [-0.05, 0) is 44.9 Å². The van der Waals surface area contributed by atoms with Crippen molar-refractivity contribution in [3.05, 3.63) is 28.3 Å². The van der Waals surface area contributed by atoms with Crippen LogP contribution in [0.5, 0.6) is 5.75 Å². The van der Waals surface area contributed by atoms with Gasteiger partial charge in [0.2, 0.25) is 0 Å². The Morgan fingerprint density at radius 3 is 2.47 bits per heavy atom. The fourth-order valence-corrected chi connectivity index (χ4v) is 2.27. The zero-order chi connectivity index (χ0) is 13.2. The molecule has 3 nitrogen and oxygen atoms in total. The number of rotatable bonds is 4. The normalized spacial score (nSPS) is 13.6. The van der Waals surface area contributed by atoms with Gasteiger partial charge in [0.05, 0.1) is 7.11 Å². The van der Waals surface area contributed by atoms with Crippen molar-refractivity contribution in [2.24, 2.45) is 11.5 Å². The molecule has 17 heavy (non-hydrogen) atoms. The maximum Gasteiger partial charge on any atom is 0.126 e. The molecule has 1 rings (SSSR count). The van der Waals surface area contributed by atoms with Gasteiger partial charge in [0.1, 0.15) is 5.75 Å². The van der Waals surface area contributed by atoms with Crippen LogP contribution in [0.3, 0.4) is 0 Å². The van der Waals surface area contributed by atoms with Crippen molar-refractivity contribution in [1.82, 2.24) is 0 Å². The van der Waals surface area contributed by atoms with Crippen LogP contribution in [0.1, 0.15) is 37.4 Å². The number of ether oxygens (including phenoxy) is 1. The van der Waals surface area contributed by atoms with Crippen LogP contribution in [0.4, 0.5) is 0 Å². The van der Waals surface area contributed by atoms with Crippen LogP contribution in [0, 0.1) is 6.92 Å². The third kappa shape index (κ3) is 3.87. The second-order valence-corrected chi connectivity index (χ2v) is 5.58. The van der Waals surface area contributed by atoms with Gasteiger partial charge in [-0.25, -0.2) is 0 Å². The summed E-state index contributed by atoms with van der Waals surface area (Å²) in [6.45, 7) is 5.86. The van der Waals surface area contributed by atoms with E-state index in [9.17, 15) is 0 Å². The minimum atomic E-state index is -0.319. The van der Waals surface area contributed by atoms with E-state index < -0.39 is 0 Å². The second kappa shape index (κ2) is 5.25. The summed E-state index contributed by atoms with van der Waals surface area (Å²) in [5.74, 6) is 0.797. The fourth-order valence-electron chi connectivity index (χ4n) is 1.99. The van der Waals surface area contributed by atoms with Crippen molar-refractivity contribution in [2.75, 3.05) is 7.11 Å². The van der Waals surface area contributed by atoms with Crippen molar-refractivity contribution >= 4 is 11.6 Å². The monoisotopic (exact) mass is 256 g/mol. The largest absolute Gasteiger partial charge is 0.496 e. The first-order valence-corrected chi connectivity index (χ1v) is 6.01. The van der Waals surface area contributed by atoms with Crippen LogP contribution in [-0.2, 0) is 0 Å². The number of methoxy groups -OCH3 is 1. The zero-order valence-corrected chi connectivity index (χ0v) is 11.6. The lowest BCUT2D eigenvalue weighted by Gasteiger charge is -2.25. The number of aryl methyl sites for hydroxylation is 1. The average Bonchev–Trinajstić information content (AvgIpc) is 2.13. The highest BCUT2D eigenvalue weighted by Gasteiger charge is 2.21. The first-order chi connectivity index (χ1) is 7.74. The Labute approximate surface area is 108 Å². The Morgan fingerprint density at radius 1 is 1.41 bits per heavy atom. The summed E-state index contributed by atoms with van der Waals surface area (Å²) < 4.78 is 5.39. The fraction of sp³-hybridized carbons (Fsp3) is 0.538. The molecule has 4 heteroatoms. The molecule has 0 amide bonds. The molecular weight excluding hydrogens is 236 g/mol. The Bertz CT molecular complexity index is 399. The van der Waals surface area contributed by atoms with Gasteiger partial charge in [-0.2, -0.15) is 0 Å². The first-order valence-electron chi connectivity index (χ1n) is 5.63. The number of hydrogen-bond acceptors (Lipinski definition) is 3. The summed E-state index contributed by atoms with van der Waals surface area (Å²) in [4.78, 5) is 0. The van der Waals surface area contributed by atoms with Crippen molar-refractivity contribution < 1.29 is 4.74 Å². The van der Waals surface area contributed by atoms with Gasteiger partial charge in [-0.1, -0.05) is 11.6 Å². The highest BCUT2D eigenvalue weighted by molar-refractivity contribution is 6.30. The van der Waals surface area contributed by atoms with Gasteiger partial charge in [0.25, 0.3) is 0 Å². The lowest BCUT2D eigenvalue weighted by molar-refractivity contribution is 0.386. The molecule has 96 valence electrons. The van der Waals surface area contributed by atoms with E-state index in [1.165, 1.54) is 0 Å². The number of nitrogens with two attached hydrogens (primary N) is 2.